The van der Waals surface area contributed by atoms with Gasteiger partial charge in [0, 0.05) is 17.1 Å². The molecule has 2 aromatic carbocycles. The molecule has 0 fully saturated rings. The van der Waals surface area contributed by atoms with Crippen LogP contribution in [0.1, 0.15) is 5.69 Å². The number of benzene rings is 2. The Morgan fingerprint density at radius 3 is 2.60 bits per heavy atom. The maximum absolute atomic E-state index is 6.31. The lowest BCUT2D eigenvalue weighted by Crippen LogP contribution is -2.04. The van der Waals surface area contributed by atoms with E-state index < -0.39 is 0 Å². The molecule has 2 aromatic heterocycles. The van der Waals surface area contributed by atoms with Gasteiger partial charge in [0.25, 0.3) is 0 Å². The number of nitrogens with zero attached hydrogens (tertiary/aromatic N) is 3. The van der Waals surface area contributed by atoms with Crippen molar-refractivity contribution in [1.29, 1.82) is 0 Å². The lowest BCUT2D eigenvalue weighted by atomic mass is 10.2. The molecule has 30 heavy (non-hydrogen) atoms. The number of aryl methyl sites for hydroxylation is 1. The fourth-order valence-corrected chi connectivity index (χ4v) is 3.00. The Kier molecular flexibility index (Phi) is 5.21. The number of para-hydroxylation sites is 1. The molecule has 0 atom stereocenters. The number of hydrogen-bond acceptors (Lipinski definition) is 8. The van der Waals surface area contributed by atoms with Gasteiger partial charge >= 0.3 is 0 Å². The van der Waals surface area contributed by atoms with Crippen molar-refractivity contribution in [2.75, 3.05) is 25.3 Å². The normalized spacial score (nSPS) is 10.6. The molecule has 2 heterocycles. The lowest BCUT2D eigenvalue weighted by molar-refractivity contribution is 0.405. The van der Waals surface area contributed by atoms with Gasteiger partial charge in [0.05, 0.1) is 19.9 Å². The van der Waals surface area contributed by atoms with E-state index in [1.54, 1.807) is 32.4 Å². The van der Waals surface area contributed by atoms with E-state index in [1.165, 1.54) is 6.33 Å². The van der Waals surface area contributed by atoms with E-state index in [-0.39, 0.29) is 11.6 Å². The number of nitrogen functional groups attached to an aromatic ring is 1. The molecular weight excluding hydrogens is 382 g/mol. The van der Waals surface area contributed by atoms with Gasteiger partial charge in [0.15, 0.2) is 11.6 Å². The van der Waals surface area contributed by atoms with Gasteiger partial charge in [-0.25, -0.2) is 9.97 Å². The monoisotopic (exact) mass is 403 g/mol. The number of anilines is 3. The van der Waals surface area contributed by atoms with Crippen LogP contribution in [0.15, 0.2) is 54.9 Å². The Morgan fingerprint density at radius 2 is 1.80 bits per heavy atom. The number of fused-ring (bicyclic) bond motifs is 1. The fraction of sp³-hybridized carbons (Fsp3) is 0.136. The van der Waals surface area contributed by atoms with Crippen molar-refractivity contribution in [3.05, 3.63) is 60.6 Å². The largest absolute Gasteiger partial charge is 0.497 e. The molecule has 4 aromatic rings. The summed E-state index contributed by atoms with van der Waals surface area (Å²) in [5.74, 6) is 2.46. The van der Waals surface area contributed by atoms with E-state index >= 15 is 0 Å². The second kappa shape index (κ2) is 8.12. The Morgan fingerprint density at radius 1 is 0.933 bits per heavy atom. The molecule has 0 saturated heterocycles. The summed E-state index contributed by atoms with van der Waals surface area (Å²) < 4.78 is 16.7. The zero-order valence-electron chi connectivity index (χ0n) is 16.8. The molecule has 4 rings (SSSR count). The number of aromatic nitrogens is 3. The molecule has 3 N–H and O–H groups in total. The summed E-state index contributed by atoms with van der Waals surface area (Å²) in [5, 5.41) is 4.13. The average molecular weight is 403 g/mol. The number of nitrogens with one attached hydrogen (secondary N) is 1. The highest BCUT2D eigenvalue weighted by atomic mass is 16.5. The van der Waals surface area contributed by atoms with E-state index in [0.717, 1.165) is 16.6 Å². The van der Waals surface area contributed by atoms with Crippen molar-refractivity contribution in [3.63, 3.8) is 0 Å². The molecule has 152 valence electrons. The first-order valence-corrected chi connectivity index (χ1v) is 9.23. The van der Waals surface area contributed by atoms with Crippen molar-refractivity contribution in [2.24, 2.45) is 0 Å². The number of ether oxygens (including phenoxy) is 3. The summed E-state index contributed by atoms with van der Waals surface area (Å²) in [7, 11) is 3.18. The van der Waals surface area contributed by atoms with E-state index in [0.29, 0.717) is 28.8 Å². The van der Waals surface area contributed by atoms with Gasteiger partial charge in [0.2, 0.25) is 5.88 Å². The van der Waals surface area contributed by atoms with Crippen LogP contribution in [0.25, 0.3) is 10.9 Å². The van der Waals surface area contributed by atoms with Crippen LogP contribution in [0.5, 0.6) is 23.1 Å². The van der Waals surface area contributed by atoms with E-state index in [2.05, 4.69) is 20.3 Å². The molecule has 0 aliphatic carbocycles. The third-order valence-corrected chi connectivity index (χ3v) is 4.54. The average Bonchev–Trinajstić information content (AvgIpc) is 2.76. The Hall–Kier alpha value is -4.07. The molecule has 8 heteroatoms. The maximum atomic E-state index is 6.31. The van der Waals surface area contributed by atoms with Crippen LogP contribution in [-0.4, -0.2) is 29.2 Å². The molecular formula is C22H21N5O3. The van der Waals surface area contributed by atoms with Gasteiger partial charge in [-0.15, -0.1) is 0 Å². The first kappa shape index (κ1) is 19.3. The number of pyridine rings is 1. The van der Waals surface area contributed by atoms with Crippen LogP contribution < -0.4 is 25.3 Å². The van der Waals surface area contributed by atoms with Gasteiger partial charge in [-0.05, 0) is 31.2 Å². The van der Waals surface area contributed by atoms with Gasteiger partial charge in [-0.1, -0.05) is 18.2 Å². The fourth-order valence-electron chi connectivity index (χ4n) is 3.00. The van der Waals surface area contributed by atoms with Gasteiger partial charge < -0.3 is 25.3 Å². The van der Waals surface area contributed by atoms with Crippen molar-refractivity contribution >= 4 is 28.1 Å². The second-order valence-corrected chi connectivity index (χ2v) is 6.51. The Labute approximate surface area is 173 Å². The Balaban J connectivity index is 1.69. The van der Waals surface area contributed by atoms with Crippen LogP contribution in [0.2, 0.25) is 0 Å². The summed E-state index contributed by atoms with van der Waals surface area (Å²) >= 11 is 0. The maximum Gasteiger partial charge on any atom is 0.248 e. The minimum atomic E-state index is 0.227. The highest BCUT2D eigenvalue weighted by Gasteiger charge is 2.15. The first-order chi connectivity index (χ1) is 14.6. The Bertz CT molecular complexity index is 1210. The minimum absolute atomic E-state index is 0.227. The highest BCUT2D eigenvalue weighted by Crippen LogP contribution is 2.36. The first-order valence-electron chi connectivity index (χ1n) is 9.23. The standard InChI is InChI=1S/C22H21N5O3/c1-13-7-8-14-5-4-6-18(20(14)26-13)30-22-19(23)21(24-12-25-22)27-16-11-15(28-2)9-10-17(16)29-3/h4-12H,23H2,1-3H3,(H,24,25,27). The van der Waals surface area contributed by atoms with Gasteiger partial charge in [-0.3, -0.25) is 0 Å². The number of nitrogens with two attached hydrogens (primary N) is 1. The van der Waals surface area contributed by atoms with Crippen LogP contribution in [0.3, 0.4) is 0 Å². The predicted molar refractivity (Wildman–Crippen MR) is 116 cm³/mol. The van der Waals surface area contributed by atoms with Crippen LogP contribution in [-0.2, 0) is 0 Å². The molecule has 0 radical (unpaired) electrons. The van der Waals surface area contributed by atoms with E-state index in [4.69, 9.17) is 19.9 Å². The molecule has 8 nitrogen and oxygen atoms in total. The van der Waals surface area contributed by atoms with Gasteiger partial charge in [-0.2, -0.15) is 4.98 Å². The quantitative estimate of drug-likeness (QED) is 0.486. The molecule has 0 spiro atoms. The zero-order chi connectivity index (χ0) is 21.1. The summed E-state index contributed by atoms with van der Waals surface area (Å²) in [6.07, 6.45) is 1.38. The lowest BCUT2D eigenvalue weighted by Gasteiger charge is -2.15. The summed E-state index contributed by atoms with van der Waals surface area (Å²) in [6, 6.07) is 15.0. The molecule has 0 aliphatic rings. The molecule has 0 saturated carbocycles. The number of hydrogen-bond donors (Lipinski definition) is 2. The third-order valence-electron chi connectivity index (χ3n) is 4.54. The number of methoxy groups -OCH3 is 2. The van der Waals surface area contributed by atoms with Crippen molar-refractivity contribution in [2.45, 2.75) is 6.92 Å². The third kappa shape index (κ3) is 3.75. The van der Waals surface area contributed by atoms with Crippen molar-refractivity contribution in [1.82, 2.24) is 15.0 Å². The highest BCUT2D eigenvalue weighted by molar-refractivity contribution is 5.85. The van der Waals surface area contributed by atoms with Crippen molar-refractivity contribution < 1.29 is 14.2 Å². The minimum Gasteiger partial charge on any atom is -0.497 e. The smallest absolute Gasteiger partial charge is 0.248 e. The summed E-state index contributed by atoms with van der Waals surface area (Å²) in [4.78, 5) is 13.0. The zero-order valence-corrected chi connectivity index (χ0v) is 16.8. The van der Waals surface area contributed by atoms with E-state index in [1.807, 2.05) is 37.3 Å². The topological polar surface area (TPSA) is 104 Å². The molecule has 0 unspecified atom stereocenters. The van der Waals surface area contributed by atoms with E-state index in [9.17, 15) is 0 Å². The summed E-state index contributed by atoms with van der Waals surface area (Å²) in [6.45, 7) is 1.93. The predicted octanol–water partition coefficient (Wildman–Crippen LogP) is 4.47. The van der Waals surface area contributed by atoms with Crippen LogP contribution >= 0.6 is 0 Å². The van der Waals surface area contributed by atoms with Gasteiger partial charge in [0.1, 0.15) is 29.0 Å². The molecule has 0 aliphatic heterocycles. The van der Waals surface area contributed by atoms with Crippen LogP contribution in [0.4, 0.5) is 17.2 Å². The van der Waals surface area contributed by atoms with Crippen molar-refractivity contribution in [3.8, 4) is 23.1 Å². The number of rotatable bonds is 6. The second-order valence-electron chi connectivity index (χ2n) is 6.51. The molecule has 0 amide bonds. The van der Waals surface area contributed by atoms with Crippen LogP contribution in [0, 0.1) is 6.92 Å². The summed E-state index contributed by atoms with van der Waals surface area (Å²) in [5.41, 5.74) is 8.84. The molecule has 0 bridgehead atoms. The SMILES string of the molecule is COc1ccc(OC)c(Nc2ncnc(Oc3cccc4ccc(C)nc34)c2N)c1.